The average molecular weight is 255 g/mol. The zero-order valence-corrected chi connectivity index (χ0v) is 11.6. The summed E-state index contributed by atoms with van der Waals surface area (Å²) < 4.78 is 0. The topological polar surface area (TPSA) is 33.2 Å². The Balaban J connectivity index is 2.93. The molecule has 94 valence electrons. The number of carbonyl (C=O) groups is 1. The average Bonchev–Trinajstić information content (AvgIpc) is 2.23. The first-order valence-corrected chi connectivity index (χ1v) is 6.25. The third-order valence-corrected chi connectivity index (χ3v) is 2.62. The predicted molar refractivity (Wildman–Crippen MR) is 70.4 cm³/mol. The van der Waals surface area contributed by atoms with Crippen LogP contribution in [0, 0.1) is 12.8 Å². The van der Waals surface area contributed by atoms with Gasteiger partial charge >= 0.3 is 0 Å². The van der Waals surface area contributed by atoms with Gasteiger partial charge in [0.1, 0.15) is 5.15 Å². The third kappa shape index (κ3) is 4.00. The van der Waals surface area contributed by atoms with E-state index in [-0.39, 0.29) is 5.91 Å². The molecule has 1 aromatic rings. The second-order valence-electron chi connectivity index (χ2n) is 4.56. The first-order valence-electron chi connectivity index (χ1n) is 5.87. The number of aromatic nitrogens is 1. The maximum Gasteiger partial charge on any atom is 0.254 e. The summed E-state index contributed by atoms with van der Waals surface area (Å²) in [6.45, 7) is 9.48. The van der Waals surface area contributed by atoms with Crippen molar-refractivity contribution in [2.45, 2.75) is 27.7 Å². The summed E-state index contributed by atoms with van der Waals surface area (Å²) in [5, 5.41) is 0.369. The van der Waals surface area contributed by atoms with Gasteiger partial charge in [-0.25, -0.2) is 4.98 Å². The van der Waals surface area contributed by atoms with Crippen LogP contribution in [-0.2, 0) is 0 Å². The van der Waals surface area contributed by atoms with Gasteiger partial charge in [-0.2, -0.15) is 0 Å². The third-order valence-electron chi connectivity index (χ3n) is 2.42. The Morgan fingerprint density at radius 1 is 1.47 bits per heavy atom. The standard InChI is InChI=1S/C13H19ClN2O/c1-5-16(8-9(2)3)13(17)11-6-10(4)15-12(14)7-11/h6-7,9H,5,8H2,1-4H3. The quantitative estimate of drug-likeness (QED) is 0.774. The maximum atomic E-state index is 12.3. The molecule has 4 heteroatoms. The van der Waals surface area contributed by atoms with Crippen LogP contribution in [0.25, 0.3) is 0 Å². The normalized spacial score (nSPS) is 10.7. The highest BCUT2D eigenvalue weighted by Gasteiger charge is 2.16. The van der Waals surface area contributed by atoms with E-state index in [1.165, 1.54) is 0 Å². The van der Waals surface area contributed by atoms with E-state index >= 15 is 0 Å². The molecule has 1 rings (SSSR count). The van der Waals surface area contributed by atoms with Crippen LogP contribution < -0.4 is 0 Å². The minimum Gasteiger partial charge on any atom is -0.339 e. The lowest BCUT2D eigenvalue weighted by atomic mass is 10.1. The molecule has 0 saturated heterocycles. The summed E-state index contributed by atoms with van der Waals surface area (Å²) in [6.07, 6.45) is 0. The Labute approximate surface area is 108 Å². The molecule has 0 N–H and O–H groups in total. The van der Waals surface area contributed by atoms with Gasteiger partial charge in [-0.05, 0) is 31.9 Å². The second kappa shape index (κ2) is 6.01. The summed E-state index contributed by atoms with van der Waals surface area (Å²) in [5.41, 5.74) is 1.38. The number of rotatable bonds is 4. The molecule has 0 bridgehead atoms. The molecule has 0 saturated carbocycles. The molecule has 0 aromatic carbocycles. The Kier molecular flexibility index (Phi) is 4.94. The van der Waals surface area contributed by atoms with Gasteiger partial charge in [-0.15, -0.1) is 0 Å². The van der Waals surface area contributed by atoms with Crippen LogP contribution in [0.3, 0.4) is 0 Å². The van der Waals surface area contributed by atoms with Crippen molar-refractivity contribution < 1.29 is 4.79 Å². The van der Waals surface area contributed by atoms with Gasteiger partial charge in [0.25, 0.3) is 5.91 Å². The number of hydrogen-bond donors (Lipinski definition) is 0. The summed E-state index contributed by atoms with van der Waals surface area (Å²) in [4.78, 5) is 18.1. The van der Waals surface area contributed by atoms with Crippen LogP contribution in [0.4, 0.5) is 0 Å². The molecule has 0 fully saturated rings. The lowest BCUT2D eigenvalue weighted by Gasteiger charge is -2.23. The number of carbonyl (C=O) groups excluding carboxylic acids is 1. The van der Waals surface area contributed by atoms with Crippen LogP contribution in [0.1, 0.15) is 36.8 Å². The van der Waals surface area contributed by atoms with E-state index < -0.39 is 0 Å². The van der Waals surface area contributed by atoms with Crippen molar-refractivity contribution in [1.82, 2.24) is 9.88 Å². The van der Waals surface area contributed by atoms with E-state index in [0.717, 1.165) is 12.2 Å². The fraction of sp³-hybridized carbons (Fsp3) is 0.538. The summed E-state index contributed by atoms with van der Waals surface area (Å²) >= 11 is 5.87. The molecular formula is C13H19ClN2O. The van der Waals surface area contributed by atoms with Crippen molar-refractivity contribution in [2.75, 3.05) is 13.1 Å². The second-order valence-corrected chi connectivity index (χ2v) is 4.94. The summed E-state index contributed by atoms with van der Waals surface area (Å²) in [5.74, 6) is 0.478. The molecule has 0 aliphatic heterocycles. The van der Waals surface area contributed by atoms with E-state index in [1.807, 2.05) is 18.7 Å². The first kappa shape index (κ1) is 14.0. The molecule has 0 spiro atoms. The molecule has 3 nitrogen and oxygen atoms in total. The zero-order valence-electron chi connectivity index (χ0n) is 10.8. The smallest absolute Gasteiger partial charge is 0.254 e. The van der Waals surface area contributed by atoms with Gasteiger partial charge < -0.3 is 4.90 Å². The molecule has 0 atom stereocenters. The van der Waals surface area contributed by atoms with Crippen LogP contribution >= 0.6 is 11.6 Å². The van der Waals surface area contributed by atoms with Crippen LogP contribution in [0.2, 0.25) is 5.15 Å². The van der Waals surface area contributed by atoms with Gasteiger partial charge in [-0.3, -0.25) is 4.79 Å². The minimum absolute atomic E-state index is 0.0219. The van der Waals surface area contributed by atoms with E-state index in [4.69, 9.17) is 11.6 Å². The number of pyridine rings is 1. The fourth-order valence-corrected chi connectivity index (χ4v) is 1.98. The molecule has 17 heavy (non-hydrogen) atoms. The molecular weight excluding hydrogens is 236 g/mol. The Bertz CT molecular complexity index is 384. The van der Waals surface area contributed by atoms with Gasteiger partial charge in [0.05, 0.1) is 0 Å². The zero-order chi connectivity index (χ0) is 13.0. The molecule has 1 aromatic heterocycles. The van der Waals surface area contributed by atoms with Gasteiger partial charge in [-0.1, -0.05) is 25.4 Å². The van der Waals surface area contributed by atoms with E-state index in [2.05, 4.69) is 18.8 Å². The SMILES string of the molecule is CCN(CC(C)C)C(=O)c1cc(C)nc(Cl)c1. The Hall–Kier alpha value is -1.09. The summed E-state index contributed by atoms with van der Waals surface area (Å²) in [6, 6.07) is 3.40. The largest absolute Gasteiger partial charge is 0.339 e. The number of aryl methyl sites for hydroxylation is 1. The summed E-state index contributed by atoms with van der Waals surface area (Å²) in [7, 11) is 0. The highest BCUT2D eigenvalue weighted by atomic mass is 35.5. The van der Waals surface area contributed by atoms with E-state index in [0.29, 0.717) is 23.2 Å². The number of nitrogens with zero attached hydrogens (tertiary/aromatic N) is 2. The van der Waals surface area contributed by atoms with Gasteiger partial charge in [0, 0.05) is 24.3 Å². The number of halogens is 1. The van der Waals surface area contributed by atoms with Gasteiger partial charge in [0.2, 0.25) is 0 Å². The number of amides is 1. The molecule has 0 aliphatic carbocycles. The van der Waals surface area contributed by atoms with Crippen molar-refractivity contribution in [3.63, 3.8) is 0 Å². The van der Waals surface area contributed by atoms with Crippen molar-refractivity contribution in [2.24, 2.45) is 5.92 Å². The number of hydrogen-bond acceptors (Lipinski definition) is 2. The molecule has 0 aliphatic rings. The van der Waals surface area contributed by atoms with Crippen LogP contribution in [0.5, 0.6) is 0 Å². The van der Waals surface area contributed by atoms with Crippen LogP contribution in [0.15, 0.2) is 12.1 Å². The lowest BCUT2D eigenvalue weighted by Crippen LogP contribution is -2.34. The molecule has 0 unspecified atom stereocenters. The van der Waals surface area contributed by atoms with Gasteiger partial charge in [0.15, 0.2) is 0 Å². The first-order chi connectivity index (χ1) is 7.93. The Morgan fingerprint density at radius 3 is 2.59 bits per heavy atom. The minimum atomic E-state index is 0.0219. The monoisotopic (exact) mass is 254 g/mol. The van der Waals surface area contributed by atoms with Crippen molar-refractivity contribution in [3.8, 4) is 0 Å². The van der Waals surface area contributed by atoms with Crippen molar-refractivity contribution >= 4 is 17.5 Å². The van der Waals surface area contributed by atoms with E-state index in [9.17, 15) is 4.79 Å². The maximum absolute atomic E-state index is 12.3. The van der Waals surface area contributed by atoms with Crippen LogP contribution in [-0.4, -0.2) is 28.9 Å². The predicted octanol–water partition coefficient (Wildman–Crippen LogP) is 3.16. The highest BCUT2D eigenvalue weighted by molar-refractivity contribution is 6.29. The molecule has 1 amide bonds. The molecule has 0 radical (unpaired) electrons. The lowest BCUT2D eigenvalue weighted by molar-refractivity contribution is 0.0745. The Morgan fingerprint density at radius 2 is 2.12 bits per heavy atom. The molecule has 1 heterocycles. The highest BCUT2D eigenvalue weighted by Crippen LogP contribution is 2.13. The van der Waals surface area contributed by atoms with Crippen molar-refractivity contribution in [1.29, 1.82) is 0 Å². The van der Waals surface area contributed by atoms with E-state index in [1.54, 1.807) is 12.1 Å². The fourth-order valence-electron chi connectivity index (χ4n) is 1.73. The van der Waals surface area contributed by atoms with Crippen molar-refractivity contribution in [3.05, 3.63) is 28.5 Å².